The molecule has 2 N–H and O–H groups in total. The van der Waals surface area contributed by atoms with Gasteiger partial charge in [-0.05, 0) is 32.1 Å². The van der Waals surface area contributed by atoms with E-state index in [1.54, 1.807) is 0 Å². The van der Waals surface area contributed by atoms with E-state index in [9.17, 15) is 0 Å². The number of hydrogen-bond acceptors (Lipinski definition) is 5. The van der Waals surface area contributed by atoms with Crippen LogP contribution in [0.25, 0.3) is 0 Å². The molecule has 0 aliphatic carbocycles. The molecule has 2 heterocycles. The van der Waals surface area contributed by atoms with Gasteiger partial charge in [-0.25, -0.2) is 0 Å². The zero-order valence-corrected chi connectivity index (χ0v) is 9.85. The predicted molar refractivity (Wildman–Crippen MR) is 61.0 cm³/mol. The lowest BCUT2D eigenvalue weighted by atomic mass is 9.90. The van der Waals surface area contributed by atoms with Crippen molar-refractivity contribution in [3.8, 4) is 0 Å². The highest BCUT2D eigenvalue weighted by atomic mass is 32.2. The highest BCUT2D eigenvalue weighted by Crippen LogP contribution is 2.37. The molecule has 1 aromatic rings. The molecule has 1 aliphatic rings. The van der Waals surface area contributed by atoms with Crippen molar-refractivity contribution in [2.45, 2.75) is 31.6 Å². The highest BCUT2D eigenvalue weighted by molar-refractivity contribution is 7.99. The second-order valence-corrected chi connectivity index (χ2v) is 5.36. The minimum Gasteiger partial charge on any atom is -0.425 e. The topological polar surface area (TPSA) is 64.9 Å². The second-order valence-electron chi connectivity index (χ2n) is 4.26. The summed E-state index contributed by atoms with van der Waals surface area (Å²) in [4.78, 5) is 0. The van der Waals surface area contributed by atoms with Crippen molar-refractivity contribution in [1.29, 1.82) is 0 Å². The predicted octanol–water partition coefficient (Wildman–Crippen LogP) is 1.36. The van der Waals surface area contributed by atoms with Crippen LogP contribution in [0.2, 0.25) is 0 Å². The molecule has 2 rings (SSSR count). The molecule has 4 nitrogen and oxygen atoms in total. The lowest BCUT2D eigenvalue weighted by Gasteiger charge is -2.16. The van der Waals surface area contributed by atoms with Gasteiger partial charge in [0.1, 0.15) is 0 Å². The lowest BCUT2D eigenvalue weighted by molar-refractivity contribution is 0.356. The van der Waals surface area contributed by atoms with Gasteiger partial charge in [0.05, 0.1) is 5.41 Å². The molecule has 1 fully saturated rings. The molecule has 0 spiro atoms. The normalized spacial score (nSPS) is 26.0. The Hall–Kier alpha value is -0.550. The quantitative estimate of drug-likeness (QED) is 0.841. The van der Waals surface area contributed by atoms with E-state index in [0.717, 1.165) is 36.8 Å². The fourth-order valence-electron chi connectivity index (χ4n) is 1.69. The van der Waals surface area contributed by atoms with Gasteiger partial charge in [0, 0.05) is 12.2 Å². The minimum absolute atomic E-state index is 0.0959. The Balaban J connectivity index is 2.05. The lowest BCUT2D eigenvalue weighted by Crippen LogP contribution is -2.21. The number of aromatic nitrogens is 2. The van der Waals surface area contributed by atoms with Gasteiger partial charge in [-0.2, -0.15) is 11.8 Å². The summed E-state index contributed by atoms with van der Waals surface area (Å²) in [6.07, 6.45) is 2.84. The fourth-order valence-corrected chi connectivity index (χ4v) is 3.15. The van der Waals surface area contributed by atoms with Crippen LogP contribution in [0.3, 0.4) is 0 Å². The molecule has 0 amide bonds. The van der Waals surface area contributed by atoms with Gasteiger partial charge in [-0.1, -0.05) is 0 Å². The first-order valence-corrected chi connectivity index (χ1v) is 6.51. The second kappa shape index (κ2) is 4.53. The Labute approximate surface area is 94.0 Å². The molecular formula is C10H17N3OS. The maximum absolute atomic E-state index is 5.68. The van der Waals surface area contributed by atoms with Crippen LogP contribution in [0.4, 0.5) is 0 Å². The molecule has 15 heavy (non-hydrogen) atoms. The van der Waals surface area contributed by atoms with E-state index in [1.165, 1.54) is 5.75 Å². The van der Waals surface area contributed by atoms with E-state index in [-0.39, 0.29) is 5.41 Å². The van der Waals surface area contributed by atoms with E-state index in [1.807, 2.05) is 11.8 Å². The van der Waals surface area contributed by atoms with Gasteiger partial charge in [0.25, 0.3) is 0 Å². The summed E-state index contributed by atoms with van der Waals surface area (Å²) in [6, 6.07) is 0. The van der Waals surface area contributed by atoms with Crippen LogP contribution in [0, 0.1) is 0 Å². The zero-order chi connectivity index (χ0) is 10.7. The van der Waals surface area contributed by atoms with Crippen molar-refractivity contribution in [3.63, 3.8) is 0 Å². The van der Waals surface area contributed by atoms with E-state index in [4.69, 9.17) is 10.2 Å². The summed E-state index contributed by atoms with van der Waals surface area (Å²) in [7, 11) is 0. The monoisotopic (exact) mass is 227 g/mol. The van der Waals surface area contributed by atoms with E-state index < -0.39 is 0 Å². The molecule has 1 saturated heterocycles. The van der Waals surface area contributed by atoms with Crippen molar-refractivity contribution < 1.29 is 4.42 Å². The van der Waals surface area contributed by atoms with Crippen LogP contribution in [-0.4, -0.2) is 28.2 Å². The minimum atomic E-state index is 0.0959. The molecule has 1 atom stereocenters. The van der Waals surface area contributed by atoms with Crippen LogP contribution >= 0.6 is 11.8 Å². The van der Waals surface area contributed by atoms with Crippen molar-refractivity contribution >= 4 is 11.8 Å². The summed E-state index contributed by atoms with van der Waals surface area (Å²) in [6.45, 7) is 2.87. The van der Waals surface area contributed by atoms with Crippen LogP contribution < -0.4 is 5.73 Å². The molecular weight excluding hydrogens is 210 g/mol. The average Bonchev–Trinajstić information content (AvgIpc) is 2.84. The summed E-state index contributed by atoms with van der Waals surface area (Å²) < 4.78 is 5.68. The van der Waals surface area contributed by atoms with Gasteiger partial charge >= 0.3 is 0 Å². The first-order valence-electron chi connectivity index (χ1n) is 5.35. The standard InChI is InChI=1S/C10H17N3OS/c1-10(4-6-15-7-10)9-13-12-8(14-9)3-2-5-11/h2-7,11H2,1H3. The number of nitrogens with two attached hydrogens (primary N) is 1. The van der Waals surface area contributed by atoms with E-state index in [0.29, 0.717) is 6.54 Å². The Morgan fingerprint density at radius 2 is 2.40 bits per heavy atom. The zero-order valence-electron chi connectivity index (χ0n) is 9.03. The largest absolute Gasteiger partial charge is 0.425 e. The smallest absolute Gasteiger partial charge is 0.223 e. The molecule has 1 aliphatic heterocycles. The molecule has 1 unspecified atom stereocenters. The van der Waals surface area contributed by atoms with Crippen molar-refractivity contribution in [1.82, 2.24) is 10.2 Å². The molecule has 84 valence electrons. The molecule has 0 radical (unpaired) electrons. The first kappa shape index (κ1) is 11.0. The molecule has 5 heteroatoms. The molecule has 1 aromatic heterocycles. The summed E-state index contributed by atoms with van der Waals surface area (Å²) in [5.74, 6) is 3.82. The Morgan fingerprint density at radius 3 is 3.07 bits per heavy atom. The van der Waals surface area contributed by atoms with E-state index >= 15 is 0 Å². The van der Waals surface area contributed by atoms with Crippen LogP contribution in [0.5, 0.6) is 0 Å². The fraction of sp³-hybridized carbons (Fsp3) is 0.800. The number of nitrogens with zero attached hydrogens (tertiary/aromatic N) is 2. The maximum atomic E-state index is 5.68. The van der Waals surface area contributed by atoms with Gasteiger partial charge in [-0.15, -0.1) is 10.2 Å². The van der Waals surface area contributed by atoms with Gasteiger partial charge in [0.2, 0.25) is 11.8 Å². The number of aryl methyl sites for hydroxylation is 1. The Bertz CT molecular complexity index is 320. The van der Waals surface area contributed by atoms with Crippen LogP contribution in [0.15, 0.2) is 4.42 Å². The molecule has 0 bridgehead atoms. The SMILES string of the molecule is CC1(c2nnc(CCCN)o2)CCSC1. The maximum Gasteiger partial charge on any atom is 0.223 e. The van der Waals surface area contributed by atoms with Crippen LogP contribution in [0.1, 0.15) is 31.5 Å². The highest BCUT2D eigenvalue weighted by Gasteiger charge is 2.36. The number of hydrogen-bond donors (Lipinski definition) is 1. The van der Waals surface area contributed by atoms with Crippen LogP contribution in [-0.2, 0) is 11.8 Å². The van der Waals surface area contributed by atoms with Crippen molar-refractivity contribution in [3.05, 3.63) is 11.8 Å². The summed E-state index contributed by atoms with van der Waals surface area (Å²) in [5, 5.41) is 8.21. The van der Waals surface area contributed by atoms with Crippen molar-refractivity contribution in [2.24, 2.45) is 5.73 Å². The third-order valence-electron chi connectivity index (χ3n) is 2.80. The van der Waals surface area contributed by atoms with Gasteiger partial charge in [-0.3, -0.25) is 0 Å². The molecule has 0 saturated carbocycles. The van der Waals surface area contributed by atoms with Gasteiger partial charge in [0.15, 0.2) is 0 Å². The first-order chi connectivity index (χ1) is 7.24. The third kappa shape index (κ3) is 2.34. The Morgan fingerprint density at radius 1 is 1.53 bits per heavy atom. The Kier molecular flexibility index (Phi) is 3.31. The number of thioether (sulfide) groups is 1. The van der Waals surface area contributed by atoms with Crippen molar-refractivity contribution in [2.75, 3.05) is 18.1 Å². The summed E-state index contributed by atoms with van der Waals surface area (Å²) >= 11 is 1.96. The summed E-state index contributed by atoms with van der Waals surface area (Å²) in [5.41, 5.74) is 5.53. The number of rotatable bonds is 4. The third-order valence-corrected chi connectivity index (χ3v) is 4.13. The molecule has 0 aromatic carbocycles. The van der Waals surface area contributed by atoms with E-state index in [2.05, 4.69) is 17.1 Å². The average molecular weight is 227 g/mol. The van der Waals surface area contributed by atoms with Gasteiger partial charge < -0.3 is 10.2 Å².